The highest BCUT2D eigenvalue weighted by Gasteiger charge is 2.20. The molecular weight excluding hydrogens is 212 g/mol. The number of amides is 1. The molecule has 0 radical (unpaired) electrons. The van der Waals surface area contributed by atoms with Gasteiger partial charge in [0.05, 0.1) is 26.2 Å². The van der Waals surface area contributed by atoms with Gasteiger partial charge in [0.25, 0.3) is 0 Å². The molecular formula is C10H18N2O4. The van der Waals surface area contributed by atoms with E-state index in [2.05, 4.69) is 10.1 Å². The smallest absolute Gasteiger partial charge is 0.325 e. The Labute approximate surface area is 94.9 Å². The molecule has 0 spiro atoms. The second kappa shape index (κ2) is 6.44. The van der Waals surface area contributed by atoms with Crippen molar-refractivity contribution in [2.24, 2.45) is 0 Å². The van der Waals surface area contributed by atoms with Crippen LogP contribution >= 0.6 is 0 Å². The number of rotatable bonds is 4. The molecule has 1 N–H and O–H groups in total. The van der Waals surface area contributed by atoms with E-state index in [0.717, 1.165) is 6.54 Å². The number of hydrogen-bond acceptors (Lipinski definition) is 5. The summed E-state index contributed by atoms with van der Waals surface area (Å²) < 4.78 is 9.89. The van der Waals surface area contributed by atoms with Crippen molar-refractivity contribution in [3.05, 3.63) is 0 Å². The van der Waals surface area contributed by atoms with Crippen LogP contribution in [0, 0.1) is 0 Å². The Balaban J connectivity index is 2.29. The van der Waals surface area contributed by atoms with Gasteiger partial charge in [0.2, 0.25) is 5.91 Å². The summed E-state index contributed by atoms with van der Waals surface area (Å²) in [6.45, 7) is 2.11. The maximum atomic E-state index is 11.7. The number of esters is 1. The van der Waals surface area contributed by atoms with Gasteiger partial charge in [-0.1, -0.05) is 0 Å². The largest absolute Gasteiger partial charge is 0.468 e. The number of morpholine rings is 1. The average molecular weight is 230 g/mol. The first kappa shape index (κ1) is 12.9. The summed E-state index contributed by atoms with van der Waals surface area (Å²) in [4.78, 5) is 24.0. The number of ether oxygens (including phenoxy) is 2. The maximum absolute atomic E-state index is 11.7. The minimum Gasteiger partial charge on any atom is -0.468 e. The summed E-state index contributed by atoms with van der Waals surface area (Å²) in [6.07, 6.45) is 0.196. The Kier molecular flexibility index (Phi) is 5.21. The third-order valence-electron chi connectivity index (χ3n) is 2.43. The van der Waals surface area contributed by atoms with Crippen molar-refractivity contribution in [1.82, 2.24) is 10.2 Å². The van der Waals surface area contributed by atoms with Gasteiger partial charge < -0.3 is 19.7 Å². The van der Waals surface area contributed by atoms with Gasteiger partial charge in [-0.3, -0.25) is 9.59 Å². The van der Waals surface area contributed by atoms with Gasteiger partial charge >= 0.3 is 5.97 Å². The summed E-state index contributed by atoms with van der Waals surface area (Å²) in [5.41, 5.74) is 0. The van der Waals surface area contributed by atoms with E-state index in [4.69, 9.17) is 4.74 Å². The molecule has 92 valence electrons. The summed E-state index contributed by atoms with van der Waals surface area (Å²) in [5, 5.41) is 3.14. The van der Waals surface area contributed by atoms with Crippen LogP contribution in [0.3, 0.4) is 0 Å². The quantitative estimate of drug-likeness (QED) is 0.627. The van der Waals surface area contributed by atoms with E-state index in [0.29, 0.717) is 19.6 Å². The number of methoxy groups -OCH3 is 1. The van der Waals surface area contributed by atoms with Crippen molar-refractivity contribution < 1.29 is 19.1 Å². The molecule has 1 unspecified atom stereocenters. The van der Waals surface area contributed by atoms with Crippen LogP contribution < -0.4 is 5.32 Å². The van der Waals surface area contributed by atoms with Gasteiger partial charge in [-0.05, 0) is 0 Å². The lowest BCUT2D eigenvalue weighted by Crippen LogP contribution is -2.42. The maximum Gasteiger partial charge on any atom is 0.325 e. The minimum absolute atomic E-state index is 0.0184. The molecule has 0 aliphatic carbocycles. The third kappa shape index (κ3) is 4.16. The van der Waals surface area contributed by atoms with Crippen LogP contribution in [0.5, 0.6) is 0 Å². The molecule has 0 saturated carbocycles. The first-order chi connectivity index (χ1) is 7.63. The number of likely N-dealkylation sites (N-methyl/N-ethyl adjacent to an activating group) is 1. The van der Waals surface area contributed by atoms with Crippen LogP contribution in [-0.4, -0.2) is 63.3 Å². The van der Waals surface area contributed by atoms with Crippen molar-refractivity contribution in [1.29, 1.82) is 0 Å². The van der Waals surface area contributed by atoms with E-state index in [1.807, 2.05) is 0 Å². The fourth-order valence-electron chi connectivity index (χ4n) is 1.45. The molecule has 1 amide bonds. The fourth-order valence-corrected chi connectivity index (χ4v) is 1.45. The molecule has 1 aliphatic heterocycles. The lowest BCUT2D eigenvalue weighted by molar-refractivity contribution is -0.147. The van der Waals surface area contributed by atoms with E-state index in [1.54, 1.807) is 7.05 Å². The fraction of sp³-hybridized carbons (Fsp3) is 0.800. The predicted molar refractivity (Wildman–Crippen MR) is 56.9 cm³/mol. The highest BCUT2D eigenvalue weighted by molar-refractivity contribution is 5.82. The van der Waals surface area contributed by atoms with Crippen LogP contribution in [0.1, 0.15) is 6.42 Å². The standard InChI is InChI=1S/C10H18N2O4/c1-12(7-10(14)15-2)9(13)5-8-6-11-3-4-16-8/h8,11H,3-7H2,1-2H3. The van der Waals surface area contributed by atoms with Gasteiger partial charge in [0.15, 0.2) is 0 Å². The molecule has 1 heterocycles. The molecule has 0 aromatic heterocycles. The monoisotopic (exact) mass is 230 g/mol. The van der Waals surface area contributed by atoms with Crippen LogP contribution in [0.4, 0.5) is 0 Å². The number of nitrogens with one attached hydrogen (secondary N) is 1. The third-order valence-corrected chi connectivity index (χ3v) is 2.43. The number of carbonyl (C=O) groups excluding carboxylic acids is 2. The zero-order chi connectivity index (χ0) is 12.0. The van der Waals surface area contributed by atoms with E-state index in [9.17, 15) is 9.59 Å². The van der Waals surface area contributed by atoms with Crippen LogP contribution in [0.25, 0.3) is 0 Å². The summed E-state index contributed by atoms with van der Waals surface area (Å²) in [7, 11) is 2.88. The van der Waals surface area contributed by atoms with Gasteiger partial charge in [-0.2, -0.15) is 0 Å². The molecule has 16 heavy (non-hydrogen) atoms. The van der Waals surface area contributed by atoms with E-state index in [1.165, 1.54) is 12.0 Å². The molecule has 1 aliphatic rings. The minimum atomic E-state index is -0.418. The van der Waals surface area contributed by atoms with Crippen molar-refractivity contribution in [3.8, 4) is 0 Å². The van der Waals surface area contributed by atoms with Crippen LogP contribution in [0.2, 0.25) is 0 Å². The molecule has 0 aromatic carbocycles. The number of nitrogens with zero attached hydrogens (tertiary/aromatic N) is 1. The van der Waals surface area contributed by atoms with Crippen LogP contribution in [-0.2, 0) is 19.1 Å². The SMILES string of the molecule is COC(=O)CN(C)C(=O)CC1CNCCO1. The molecule has 1 saturated heterocycles. The van der Waals surface area contributed by atoms with Crippen molar-refractivity contribution in [2.45, 2.75) is 12.5 Å². The molecule has 1 rings (SSSR count). The lowest BCUT2D eigenvalue weighted by atomic mass is 10.2. The Morgan fingerprint density at radius 3 is 2.88 bits per heavy atom. The zero-order valence-corrected chi connectivity index (χ0v) is 9.69. The molecule has 6 heteroatoms. The van der Waals surface area contributed by atoms with Gasteiger partial charge in [-0.15, -0.1) is 0 Å². The van der Waals surface area contributed by atoms with Gasteiger partial charge in [0.1, 0.15) is 6.54 Å². The average Bonchev–Trinajstić information content (AvgIpc) is 2.30. The van der Waals surface area contributed by atoms with Crippen molar-refractivity contribution in [2.75, 3.05) is 40.4 Å². The summed E-state index contributed by atoms with van der Waals surface area (Å²) in [6, 6.07) is 0. The van der Waals surface area contributed by atoms with Crippen molar-refractivity contribution >= 4 is 11.9 Å². The first-order valence-corrected chi connectivity index (χ1v) is 5.26. The number of hydrogen-bond donors (Lipinski definition) is 1. The second-order valence-corrected chi connectivity index (χ2v) is 3.73. The molecule has 1 fully saturated rings. The van der Waals surface area contributed by atoms with E-state index in [-0.39, 0.29) is 18.6 Å². The van der Waals surface area contributed by atoms with E-state index >= 15 is 0 Å². The predicted octanol–water partition coefficient (Wildman–Crippen LogP) is -1.00. The normalized spacial score (nSPS) is 20.2. The Bertz CT molecular complexity index is 251. The Morgan fingerprint density at radius 2 is 2.31 bits per heavy atom. The Morgan fingerprint density at radius 1 is 1.56 bits per heavy atom. The lowest BCUT2D eigenvalue weighted by Gasteiger charge is -2.25. The summed E-state index contributed by atoms with van der Waals surface area (Å²) >= 11 is 0. The molecule has 0 bridgehead atoms. The zero-order valence-electron chi connectivity index (χ0n) is 9.69. The van der Waals surface area contributed by atoms with Crippen molar-refractivity contribution in [3.63, 3.8) is 0 Å². The van der Waals surface area contributed by atoms with Gasteiger partial charge in [0, 0.05) is 20.1 Å². The molecule has 0 aromatic rings. The molecule has 6 nitrogen and oxygen atoms in total. The summed E-state index contributed by atoms with van der Waals surface area (Å²) in [5.74, 6) is -0.530. The van der Waals surface area contributed by atoms with Gasteiger partial charge in [-0.25, -0.2) is 0 Å². The highest BCUT2D eigenvalue weighted by atomic mass is 16.5. The highest BCUT2D eigenvalue weighted by Crippen LogP contribution is 2.04. The first-order valence-electron chi connectivity index (χ1n) is 5.26. The molecule has 1 atom stereocenters. The Hall–Kier alpha value is -1.14. The number of carbonyl (C=O) groups is 2. The van der Waals surface area contributed by atoms with Crippen LogP contribution in [0.15, 0.2) is 0 Å². The topological polar surface area (TPSA) is 67.9 Å². The second-order valence-electron chi connectivity index (χ2n) is 3.73. The van der Waals surface area contributed by atoms with E-state index < -0.39 is 5.97 Å².